The number of benzene rings is 1. The summed E-state index contributed by atoms with van der Waals surface area (Å²) in [5.41, 5.74) is -0.0828. The van der Waals surface area contributed by atoms with Crippen LogP contribution in [0.15, 0.2) is 18.2 Å². The maximum atomic E-state index is 12.9. The second kappa shape index (κ2) is 5.26. The van der Waals surface area contributed by atoms with Crippen molar-refractivity contribution in [2.75, 3.05) is 18.5 Å². The lowest BCUT2D eigenvalue weighted by molar-refractivity contribution is -0.387. The molecule has 82 valence electrons. The Kier molecular flexibility index (Phi) is 3.99. The highest BCUT2D eigenvalue weighted by atomic mass is 19.1. The largest absolute Gasteiger partial charge is 0.396 e. The minimum Gasteiger partial charge on any atom is -0.396 e. The molecule has 0 radical (unpaired) electrons. The molecule has 0 bridgehead atoms. The fourth-order valence-electron chi connectivity index (χ4n) is 1.07. The molecule has 0 aliphatic rings. The molecule has 0 saturated heterocycles. The van der Waals surface area contributed by atoms with E-state index in [4.69, 9.17) is 5.11 Å². The number of nitro benzene ring substituents is 1. The molecule has 0 aliphatic heterocycles. The molecule has 6 heteroatoms. The molecule has 1 aromatic carbocycles. The topological polar surface area (TPSA) is 75.4 Å². The first kappa shape index (κ1) is 11.4. The number of aliphatic hydroxyl groups is 1. The molecule has 0 fully saturated rings. The number of halogens is 1. The molecule has 0 saturated carbocycles. The third-order valence-electron chi connectivity index (χ3n) is 1.81. The number of rotatable bonds is 5. The monoisotopic (exact) mass is 214 g/mol. The van der Waals surface area contributed by atoms with Gasteiger partial charge in [0.2, 0.25) is 5.82 Å². The van der Waals surface area contributed by atoms with Crippen molar-refractivity contribution >= 4 is 11.4 Å². The van der Waals surface area contributed by atoms with Gasteiger partial charge in [-0.2, -0.15) is 4.39 Å². The maximum absolute atomic E-state index is 12.9. The number of anilines is 1. The van der Waals surface area contributed by atoms with E-state index in [9.17, 15) is 14.5 Å². The predicted molar refractivity (Wildman–Crippen MR) is 53.2 cm³/mol. The van der Waals surface area contributed by atoms with Gasteiger partial charge in [-0.1, -0.05) is 0 Å². The van der Waals surface area contributed by atoms with Crippen molar-refractivity contribution in [3.05, 3.63) is 34.1 Å². The van der Waals surface area contributed by atoms with E-state index in [-0.39, 0.29) is 6.61 Å². The quantitative estimate of drug-likeness (QED) is 0.442. The highest BCUT2D eigenvalue weighted by molar-refractivity contribution is 5.51. The maximum Gasteiger partial charge on any atom is 0.306 e. The third kappa shape index (κ3) is 3.17. The van der Waals surface area contributed by atoms with Gasteiger partial charge in [-0.15, -0.1) is 0 Å². The van der Waals surface area contributed by atoms with Crippen molar-refractivity contribution < 1.29 is 14.4 Å². The lowest BCUT2D eigenvalue weighted by Crippen LogP contribution is -2.04. The van der Waals surface area contributed by atoms with Crippen LogP contribution in [-0.2, 0) is 0 Å². The summed E-state index contributed by atoms with van der Waals surface area (Å²) >= 11 is 0. The standard InChI is InChI=1S/C9H11FN2O3/c10-8-3-2-7(11-4-1-5-13)6-9(8)12(14)15/h2-3,6,11,13H,1,4-5H2. The first-order chi connectivity index (χ1) is 7.15. The molecule has 0 aliphatic carbocycles. The molecule has 2 N–H and O–H groups in total. The summed E-state index contributed by atoms with van der Waals surface area (Å²) in [4.78, 5) is 9.63. The highest BCUT2D eigenvalue weighted by Crippen LogP contribution is 2.21. The Labute approximate surface area is 85.7 Å². The molecule has 1 aromatic rings. The van der Waals surface area contributed by atoms with Gasteiger partial charge in [0.05, 0.1) is 4.92 Å². The van der Waals surface area contributed by atoms with E-state index in [0.29, 0.717) is 18.7 Å². The molecule has 15 heavy (non-hydrogen) atoms. The second-order valence-electron chi connectivity index (χ2n) is 2.93. The Morgan fingerprint density at radius 3 is 2.87 bits per heavy atom. The summed E-state index contributed by atoms with van der Waals surface area (Å²) < 4.78 is 12.9. The molecule has 0 amide bonds. The number of hydrogen-bond donors (Lipinski definition) is 2. The van der Waals surface area contributed by atoms with Crippen LogP contribution in [0.4, 0.5) is 15.8 Å². The van der Waals surface area contributed by atoms with Gasteiger partial charge in [0.1, 0.15) is 0 Å². The van der Waals surface area contributed by atoms with Gasteiger partial charge in [0, 0.05) is 24.9 Å². The predicted octanol–water partition coefficient (Wildman–Crippen LogP) is 1.53. The van der Waals surface area contributed by atoms with Crippen molar-refractivity contribution in [2.45, 2.75) is 6.42 Å². The summed E-state index contributed by atoms with van der Waals surface area (Å²) in [6.07, 6.45) is 0.533. The van der Waals surface area contributed by atoms with Crippen LogP contribution < -0.4 is 5.32 Å². The summed E-state index contributed by atoms with van der Waals surface area (Å²) in [5, 5.41) is 21.8. The molecular weight excluding hydrogens is 203 g/mol. The first-order valence-corrected chi connectivity index (χ1v) is 4.44. The Hall–Kier alpha value is -1.69. The van der Waals surface area contributed by atoms with E-state index in [0.717, 1.165) is 12.1 Å². The number of nitrogens with one attached hydrogen (secondary N) is 1. The van der Waals surface area contributed by atoms with E-state index in [1.165, 1.54) is 6.07 Å². The number of aliphatic hydroxyl groups excluding tert-OH is 1. The van der Waals surface area contributed by atoms with Crippen molar-refractivity contribution in [3.8, 4) is 0 Å². The van der Waals surface area contributed by atoms with Crippen LogP contribution in [0.1, 0.15) is 6.42 Å². The smallest absolute Gasteiger partial charge is 0.306 e. The Morgan fingerprint density at radius 1 is 1.53 bits per heavy atom. The average molecular weight is 214 g/mol. The molecule has 1 rings (SSSR count). The zero-order valence-electron chi connectivity index (χ0n) is 7.94. The van der Waals surface area contributed by atoms with Crippen molar-refractivity contribution in [3.63, 3.8) is 0 Å². The van der Waals surface area contributed by atoms with Gasteiger partial charge in [-0.3, -0.25) is 10.1 Å². The van der Waals surface area contributed by atoms with E-state index in [1.807, 2.05) is 0 Å². The van der Waals surface area contributed by atoms with Crippen LogP contribution >= 0.6 is 0 Å². The lowest BCUT2D eigenvalue weighted by Gasteiger charge is -2.04. The van der Waals surface area contributed by atoms with Crippen molar-refractivity contribution in [2.24, 2.45) is 0 Å². The van der Waals surface area contributed by atoms with Gasteiger partial charge in [0.25, 0.3) is 0 Å². The minimum absolute atomic E-state index is 0.0380. The molecular formula is C9H11FN2O3. The average Bonchev–Trinajstić information content (AvgIpc) is 2.20. The summed E-state index contributed by atoms with van der Waals surface area (Å²) in [5.74, 6) is -0.854. The van der Waals surface area contributed by atoms with Gasteiger partial charge in [-0.05, 0) is 18.6 Å². The molecule has 0 spiro atoms. The normalized spacial score (nSPS) is 10.0. The van der Waals surface area contributed by atoms with Crippen LogP contribution in [0, 0.1) is 15.9 Å². The summed E-state index contributed by atoms with van der Waals surface area (Å²) in [6.45, 7) is 0.523. The number of hydrogen-bond acceptors (Lipinski definition) is 4. The zero-order valence-corrected chi connectivity index (χ0v) is 7.94. The summed E-state index contributed by atoms with van der Waals surface area (Å²) in [6, 6.07) is 3.59. The zero-order chi connectivity index (χ0) is 11.3. The minimum atomic E-state index is -0.854. The van der Waals surface area contributed by atoms with Crippen LogP contribution in [0.3, 0.4) is 0 Å². The van der Waals surface area contributed by atoms with Gasteiger partial charge in [-0.25, -0.2) is 0 Å². The SMILES string of the molecule is O=[N+]([O-])c1cc(NCCCO)ccc1F. The fraction of sp³-hybridized carbons (Fsp3) is 0.333. The second-order valence-corrected chi connectivity index (χ2v) is 2.93. The van der Waals surface area contributed by atoms with Crippen LogP contribution in [0.25, 0.3) is 0 Å². The van der Waals surface area contributed by atoms with Gasteiger partial charge >= 0.3 is 5.69 Å². The number of nitro groups is 1. The van der Waals surface area contributed by atoms with E-state index in [1.54, 1.807) is 0 Å². The molecule has 0 unspecified atom stereocenters. The lowest BCUT2D eigenvalue weighted by atomic mass is 10.2. The van der Waals surface area contributed by atoms with E-state index < -0.39 is 16.4 Å². The number of nitrogens with zero attached hydrogens (tertiary/aromatic N) is 1. The molecule has 5 nitrogen and oxygen atoms in total. The third-order valence-corrected chi connectivity index (χ3v) is 1.81. The Bertz CT molecular complexity index is 357. The molecule has 0 atom stereocenters. The Balaban J connectivity index is 2.74. The molecule has 0 aromatic heterocycles. The highest BCUT2D eigenvalue weighted by Gasteiger charge is 2.13. The van der Waals surface area contributed by atoms with E-state index >= 15 is 0 Å². The van der Waals surface area contributed by atoms with Gasteiger partial charge < -0.3 is 10.4 Å². The first-order valence-electron chi connectivity index (χ1n) is 4.44. The fourth-order valence-corrected chi connectivity index (χ4v) is 1.07. The molecule has 0 heterocycles. The van der Waals surface area contributed by atoms with Crippen LogP contribution in [-0.4, -0.2) is 23.2 Å². The van der Waals surface area contributed by atoms with Crippen molar-refractivity contribution in [1.29, 1.82) is 0 Å². The van der Waals surface area contributed by atoms with Crippen LogP contribution in [0.5, 0.6) is 0 Å². The summed E-state index contributed by atoms with van der Waals surface area (Å²) in [7, 11) is 0. The van der Waals surface area contributed by atoms with Gasteiger partial charge in [0.15, 0.2) is 0 Å². The van der Waals surface area contributed by atoms with E-state index in [2.05, 4.69) is 5.32 Å². The van der Waals surface area contributed by atoms with Crippen LogP contribution in [0.2, 0.25) is 0 Å². The Morgan fingerprint density at radius 2 is 2.27 bits per heavy atom. The van der Waals surface area contributed by atoms with Crippen molar-refractivity contribution in [1.82, 2.24) is 0 Å².